The summed E-state index contributed by atoms with van der Waals surface area (Å²) in [6.07, 6.45) is 8.18. The third kappa shape index (κ3) is 3.69. The highest BCUT2D eigenvalue weighted by atomic mass is 16.5. The van der Waals surface area contributed by atoms with Crippen LogP contribution in [-0.4, -0.2) is 70.8 Å². The number of piperidine rings is 1. The molecule has 2 N–H and O–H groups in total. The van der Waals surface area contributed by atoms with Gasteiger partial charge in [0.15, 0.2) is 5.65 Å². The number of nitrogens with zero attached hydrogens (tertiary/aromatic N) is 5. The normalized spacial score (nSPS) is 18.1. The molecule has 6 rings (SSSR count). The SMILES string of the molecule is NC(=O)c1cccc2c(-c3cnn4cc(N5CCC(N6CCOCC6)CC5)cnc34)cccc12. The lowest BCUT2D eigenvalue weighted by molar-refractivity contribution is 0.0115. The van der Waals surface area contributed by atoms with E-state index in [1.54, 1.807) is 6.07 Å². The van der Waals surface area contributed by atoms with E-state index in [1.165, 1.54) is 0 Å². The lowest BCUT2D eigenvalue weighted by atomic mass is 9.97. The number of nitrogens with two attached hydrogens (primary N) is 1. The van der Waals surface area contributed by atoms with Gasteiger partial charge in [-0.2, -0.15) is 5.10 Å². The van der Waals surface area contributed by atoms with Crippen molar-refractivity contribution < 1.29 is 9.53 Å². The van der Waals surface area contributed by atoms with Gasteiger partial charge in [0.1, 0.15) is 0 Å². The molecule has 4 heterocycles. The third-order valence-corrected chi connectivity index (χ3v) is 7.21. The van der Waals surface area contributed by atoms with Gasteiger partial charge in [-0.25, -0.2) is 9.50 Å². The van der Waals surface area contributed by atoms with Crippen LogP contribution in [0.2, 0.25) is 0 Å². The molecule has 0 aliphatic carbocycles. The molecule has 174 valence electrons. The van der Waals surface area contributed by atoms with Crippen LogP contribution >= 0.6 is 0 Å². The molecule has 2 saturated heterocycles. The van der Waals surface area contributed by atoms with Gasteiger partial charge in [0.05, 0.1) is 37.5 Å². The molecular weight excluding hydrogens is 428 g/mol. The lowest BCUT2D eigenvalue weighted by Gasteiger charge is -2.40. The third-order valence-electron chi connectivity index (χ3n) is 7.21. The molecule has 8 heteroatoms. The van der Waals surface area contributed by atoms with Crippen LogP contribution in [0.25, 0.3) is 27.5 Å². The van der Waals surface area contributed by atoms with Crippen molar-refractivity contribution in [3.8, 4) is 11.1 Å². The van der Waals surface area contributed by atoms with Crippen LogP contribution in [0.1, 0.15) is 23.2 Å². The van der Waals surface area contributed by atoms with E-state index < -0.39 is 5.91 Å². The number of amides is 1. The lowest BCUT2D eigenvalue weighted by Crippen LogP contribution is -2.49. The van der Waals surface area contributed by atoms with E-state index in [1.807, 2.05) is 47.2 Å². The van der Waals surface area contributed by atoms with Crippen molar-refractivity contribution in [1.82, 2.24) is 19.5 Å². The number of carbonyl (C=O) groups excluding carboxylic acids is 1. The van der Waals surface area contributed by atoms with Crippen molar-refractivity contribution in [3.05, 3.63) is 60.6 Å². The minimum atomic E-state index is -0.428. The van der Waals surface area contributed by atoms with E-state index in [9.17, 15) is 4.79 Å². The van der Waals surface area contributed by atoms with Crippen LogP contribution in [0.4, 0.5) is 5.69 Å². The molecule has 0 unspecified atom stereocenters. The number of rotatable bonds is 4. The van der Waals surface area contributed by atoms with Gasteiger partial charge in [-0.15, -0.1) is 0 Å². The molecule has 34 heavy (non-hydrogen) atoms. The summed E-state index contributed by atoms with van der Waals surface area (Å²) in [5.41, 5.74) is 9.93. The Balaban J connectivity index is 1.27. The summed E-state index contributed by atoms with van der Waals surface area (Å²) in [7, 11) is 0. The van der Waals surface area contributed by atoms with E-state index in [2.05, 4.69) is 21.1 Å². The number of ether oxygens (including phenoxy) is 1. The molecule has 0 radical (unpaired) electrons. The number of primary amides is 1. The van der Waals surface area contributed by atoms with Gasteiger partial charge in [0, 0.05) is 43.3 Å². The maximum absolute atomic E-state index is 11.9. The smallest absolute Gasteiger partial charge is 0.249 e. The van der Waals surface area contributed by atoms with E-state index in [0.29, 0.717) is 11.6 Å². The Labute approximate surface area is 197 Å². The average Bonchev–Trinajstić information content (AvgIpc) is 3.31. The number of fused-ring (bicyclic) bond motifs is 2. The number of hydrogen-bond acceptors (Lipinski definition) is 6. The predicted molar refractivity (Wildman–Crippen MR) is 132 cm³/mol. The Morgan fingerprint density at radius 2 is 1.71 bits per heavy atom. The molecule has 8 nitrogen and oxygen atoms in total. The molecule has 0 saturated carbocycles. The molecule has 2 aliphatic heterocycles. The van der Waals surface area contributed by atoms with E-state index in [-0.39, 0.29) is 0 Å². The van der Waals surface area contributed by atoms with Gasteiger partial charge >= 0.3 is 0 Å². The average molecular weight is 457 g/mol. The van der Waals surface area contributed by atoms with E-state index >= 15 is 0 Å². The molecule has 0 atom stereocenters. The maximum Gasteiger partial charge on any atom is 0.249 e. The van der Waals surface area contributed by atoms with Crippen LogP contribution in [-0.2, 0) is 4.74 Å². The number of morpholine rings is 1. The van der Waals surface area contributed by atoms with Gasteiger partial charge in [-0.3, -0.25) is 9.69 Å². The van der Waals surface area contributed by atoms with E-state index in [0.717, 1.165) is 85.5 Å². The van der Waals surface area contributed by atoms with Crippen LogP contribution < -0.4 is 10.6 Å². The first-order chi connectivity index (χ1) is 16.7. The number of anilines is 1. The number of hydrogen-bond donors (Lipinski definition) is 1. The second-order valence-corrected chi connectivity index (χ2v) is 9.08. The second kappa shape index (κ2) is 8.70. The van der Waals surface area contributed by atoms with Crippen molar-refractivity contribution >= 4 is 28.0 Å². The Morgan fingerprint density at radius 1 is 0.941 bits per heavy atom. The summed E-state index contributed by atoms with van der Waals surface area (Å²) in [6, 6.07) is 12.2. The first-order valence-electron chi connectivity index (χ1n) is 11.9. The highest BCUT2D eigenvalue weighted by Crippen LogP contribution is 2.33. The fraction of sp³-hybridized carbons (Fsp3) is 0.346. The van der Waals surface area contributed by atoms with Crippen LogP contribution in [0.15, 0.2) is 55.0 Å². The highest BCUT2D eigenvalue weighted by molar-refractivity contribution is 6.10. The fourth-order valence-corrected chi connectivity index (χ4v) is 5.41. The first-order valence-corrected chi connectivity index (χ1v) is 11.9. The summed E-state index contributed by atoms with van der Waals surface area (Å²) >= 11 is 0. The predicted octanol–water partition coefficient (Wildman–Crippen LogP) is 2.95. The maximum atomic E-state index is 11.9. The van der Waals surface area contributed by atoms with Crippen molar-refractivity contribution in [2.75, 3.05) is 44.3 Å². The van der Waals surface area contributed by atoms with Crippen LogP contribution in [0, 0.1) is 0 Å². The van der Waals surface area contributed by atoms with Gasteiger partial charge in [-0.1, -0.05) is 30.3 Å². The topological polar surface area (TPSA) is 89.0 Å². The van der Waals surface area contributed by atoms with Crippen molar-refractivity contribution in [2.24, 2.45) is 5.73 Å². The summed E-state index contributed by atoms with van der Waals surface area (Å²) in [6.45, 7) is 5.82. The summed E-state index contributed by atoms with van der Waals surface area (Å²) in [4.78, 5) is 21.7. The van der Waals surface area contributed by atoms with Gasteiger partial charge in [-0.05, 0) is 35.2 Å². The largest absolute Gasteiger partial charge is 0.379 e. The van der Waals surface area contributed by atoms with Crippen molar-refractivity contribution in [1.29, 1.82) is 0 Å². The zero-order valence-corrected chi connectivity index (χ0v) is 19.1. The Hall–Kier alpha value is -3.49. The number of benzene rings is 2. The Kier molecular flexibility index (Phi) is 5.39. The summed E-state index contributed by atoms with van der Waals surface area (Å²) in [5, 5.41) is 6.42. The molecule has 1 amide bonds. The van der Waals surface area contributed by atoms with Gasteiger partial charge in [0.2, 0.25) is 5.91 Å². The van der Waals surface area contributed by atoms with E-state index in [4.69, 9.17) is 15.5 Å². The minimum absolute atomic E-state index is 0.428. The zero-order valence-electron chi connectivity index (χ0n) is 19.1. The first kappa shape index (κ1) is 21.1. The second-order valence-electron chi connectivity index (χ2n) is 9.08. The zero-order chi connectivity index (χ0) is 23.1. The molecule has 2 aromatic carbocycles. The highest BCUT2D eigenvalue weighted by Gasteiger charge is 2.26. The van der Waals surface area contributed by atoms with Crippen LogP contribution in [0.5, 0.6) is 0 Å². The molecule has 0 bridgehead atoms. The standard InChI is InChI=1S/C26H28N6O2/c27-25(33)23-6-2-3-20-21(23)4-1-5-22(20)24-16-29-32-17-19(15-28-26(24)32)30-9-7-18(8-10-30)31-11-13-34-14-12-31/h1-6,15-18H,7-14H2,(H2,27,33). The van der Waals surface area contributed by atoms with Crippen molar-refractivity contribution in [2.45, 2.75) is 18.9 Å². The quantitative estimate of drug-likeness (QED) is 0.508. The number of aromatic nitrogens is 3. The molecule has 2 aliphatic rings. The van der Waals surface area contributed by atoms with Crippen LogP contribution in [0.3, 0.4) is 0 Å². The summed E-state index contributed by atoms with van der Waals surface area (Å²) < 4.78 is 7.36. The molecule has 0 spiro atoms. The molecule has 2 fully saturated rings. The molecule has 4 aromatic rings. The fourth-order valence-electron chi connectivity index (χ4n) is 5.41. The molecular formula is C26H28N6O2. The summed E-state index contributed by atoms with van der Waals surface area (Å²) in [5.74, 6) is -0.428. The van der Waals surface area contributed by atoms with Gasteiger partial charge < -0.3 is 15.4 Å². The van der Waals surface area contributed by atoms with Gasteiger partial charge in [0.25, 0.3) is 0 Å². The van der Waals surface area contributed by atoms with Crippen molar-refractivity contribution in [3.63, 3.8) is 0 Å². The Bertz CT molecular complexity index is 1350. The Morgan fingerprint density at radius 3 is 2.50 bits per heavy atom. The monoisotopic (exact) mass is 456 g/mol. The minimum Gasteiger partial charge on any atom is -0.379 e. The number of carbonyl (C=O) groups is 1. The molecule has 2 aromatic heterocycles.